The van der Waals surface area contributed by atoms with E-state index in [-0.39, 0.29) is 0 Å². The smallest absolute Gasteiger partial charge is 0.164 e. The molecule has 24 aromatic rings. The standard InChI is InChI=1S/3C35H22N4S/c1-4-12-23(13-5-1)32-36-33(24-14-6-2-7-15-24)38-34(37-32)25-20-21-29-28(22-25)31-27-18-10-11-19-30(27)40-35(31)39(29)26-16-8-3-9-17-26;1-4-12-23(13-5-1)32-36-33(24-14-6-2-7-15-24)38-34(37-32)25-20-21-30-28(22-25)31-27-18-10-11-19-29(27)39(35(31)40-30)26-16-8-3-9-17-26;1-3-12-23(13-4-1)32-36-33(24-14-5-2-6-15-24)38-34(37-32)25-16-11-17-26(22-25)39-29-20-9-7-18-27(29)31-28-19-8-10-21-30(28)40-35(31)39/h3*1-22H. The molecule has 15 aromatic carbocycles. The second kappa shape index (κ2) is 30.7. The normalized spacial score (nSPS) is 11.5. The molecule has 0 saturated heterocycles. The van der Waals surface area contributed by atoms with Crippen LogP contribution in [0.25, 0.3) is 213 Å². The summed E-state index contributed by atoms with van der Waals surface area (Å²) in [6.45, 7) is 0. The van der Waals surface area contributed by atoms with E-state index in [9.17, 15) is 0 Å². The van der Waals surface area contributed by atoms with Crippen LogP contribution in [0, 0.1) is 0 Å². The fourth-order valence-corrected chi connectivity index (χ4v) is 20.0. The van der Waals surface area contributed by atoms with Gasteiger partial charge in [0, 0.05) is 130 Å². The summed E-state index contributed by atoms with van der Waals surface area (Å²) in [7, 11) is 0. The van der Waals surface area contributed by atoms with Gasteiger partial charge in [-0.25, -0.2) is 44.9 Å². The number of hydrogen-bond acceptors (Lipinski definition) is 12. The summed E-state index contributed by atoms with van der Waals surface area (Å²) in [6.07, 6.45) is 0. The first kappa shape index (κ1) is 71.2. The predicted molar refractivity (Wildman–Crippen MR) is 498 cm³/mol. The molecule has 24 rings (SSSR count). The lowest BCUT2D eigenvalue weighted by atomic mass is 10.1. The molecule has 15 heteroatoms. The van der Waals surface area contributed by atoms with Crippen LogP contribution in [0.1, 0.15) is 0 Å². The van der Waals surface area contributed by atoms with Gasteiger partial charge in [0.25, 0.3) is 0 Å². The molecule has 0 bridgehead atoms. The van der Waals surface area contributed by atoms with Gasteiger partial charge in [0.05, 0.1) is 16.6 Å². The van der Waals surface area contributed by atoms with Crippen molar-refractivity contribution in [2.45, 2.75) is 0 Å². The maximum absolute atomic E-state index is 4.97. The lowest BCUT2D eigenvalue weighted by Crippen LogP contribution is -2.01. The van der Waals surface area contributed by atoms with Crippen molar-refractivity contribution in [2.75, 3.05) is 0 Å². The molecule has 0 saturated carbocycles. The Labute approximate surface area is 701 Å². The van der Waals surface area contributed by atoms with Crippen LogP contribution in [0.5, 0.6) is 0 Å². The molecule has 0 atom stereocenters. The van der Waals surface area contributed by atoms with Gasteiger partial charge in [0.15, 0.2) is 52.4 Å². The van der Waals surface area contributed by atoms with Gasteiger partial charge in [-0.1, -0.05) is 303 Å². The number of rotatable bonds is 12. The van der Waals surface area contributed by atoms with E-state index in [1.807, 2.05) is 216 Å². The Morgan fingerprint density at radius 3 is 0.775 bits per heavy atom. The molecule has 0 aliphatic rings. The number of nitrogens with zero attached hydrogens (tertiary/aromatic N) is 12. The minimum absolute atomic E-state index is 0.651. The molecule has 0 radical (unpaired) electrons. The molecular weight excluding hydrogens is 1530 g/mol. The minimum Gasteiger partial charge on any atom is -0.301 e. The van der Waals surface area contributed by atoms with Gasteiger partial charge in [0.1, 0.15) is 14.5 Å². The van der Waals surface area contributed by atoms with E-state index in [1.54, 1.807) is 0 Å². The third kappa shape index (κ3) is 13.1. The molecule has 564 valence electrons. The van der Waals surface area contributed by atoms with Crippen molar-refractivity contribution in [3.05, 3.63) is 400 Å². The highest BCUT2D eigenvalue weighted by Crippen LogP contribution is 2.47. The second-order valence-corrected chi connectivity index (χ2v) is 32.3. The molecule has 0 spiro atoms. The largest absolute Gasteiger partial charge is 0.301 e. The molecule has 0 aliphatic carbocycles. The number of hydrogen-bond donors (Lipinski definition) is 0. The van der Waals surface area contributed by atoms with E-state index in [0.29, 0.717) is 52.4 Å². The van der Waals surface area contributed by atoms with Crippen molar-refractivity contribution in [1.82, 2.24) is 58.6 Å². The summed E-state index contributed by atoms with van der Waals surface area (Å²) < 4.78 is 10.9. The quantitative estimate of drug-likeness (QED) is 0.117. The third-order valence-electron chi connectivity index (χ3n) is 21.8. The molecule has 120 heavy (non-hydrogen) atoms. The first-order valence-corrected chi connectivity index (χ1v) is 42.1. The lowest BCUT2D eigenvalue weighted by Gasteiger charge is -2.11. The zero-order valence-corrected chi connectivity index (χ0v) is 66.6. The molecular formula is C105H66N12S3. The van der Waals surface area contributed by atoms with Crippen LogP contribution in [-0.4, -0.2) is 58.6 Å². The van der Waals surface area contributed by atoms with Crippen molar-refractivity contribution in [3.8, 4) is 120 Å². The van der Waals surface area contributed by atoms with E-state index >= 15 is 0 Å². The third-order valence-corrected chi connectivity index (χ3v) is 25.2. The Bertz CT molecular complexity index is 7780. The Kier molecular flexibility index (Phi) is 18.2. The first-order valence-electron chi connectivity index (χ1n) is 39.7. The molecule has 9 aromatic heterocycles. The molecule has 12 nitrogen and oxygen atoms in total. The van der Waals surface area contributed by atoms with Crippen molar-refractivity contribution in [2.24, 2.45) is 0 Å². The summed E-state index contributed by atoms with van der Waals surface area (Å²) in [4.78, 5) is 48.1. The predicted octanol–water partition coefficient (Wildman–Crippen LogP) is 27.6. The summed E-state index contributed by atoms with van der Waals surface area (Å²) in [5.41, 5.74) is 15.6. The SMILES string of the molecule is c1ccc(-c2nc(-c3ccccc3)nc(-c3ccc4c(c3)c3c5ccccc5sc3n4-c3ccccc3)n2)cc1.c1ccc(-c2nc(-c3ccccc3)nc(-c3ccc4sc5c(c4c3)c3ccccc3n5-c3ccccc3)n2)cc1.c1ccc(-c2nc(-c3ccccc3)nc(-c3cccc(-n4c5ccccc5c5c6ccccc6sc54)c3)n2)cc1. The topological polar surface area (TPSA) is 131 Å². The number of fused-ring (bicyclic) bond motifs is 15. The van der Waals surface area contributed by atoms with E-state index in [1.165, 1.54) is 93.6 Å². The number of aromatic nitrogens is 12. The van der Waals surface area contributed by atoms with Crippen molar-refractivity contribution in [3.63, 3.8) is 0 Å². The number of para-hydroxylation sites is 4. The molecule has 0 N–H and O–H groups in total. The Balaban J connectivity index is 0.000000108. The fourth-order valence-electron chi connectivity index (χ4n) is 16.2. The van der Waals surface area contributed by atoms with Crippen LogP contribution in [-0.2, 0) is 0 Å². The van der Waals surface area contributed by atoms with E-state index in [0.717, 1.165) is 67.1 Å². The van der Waals surface area contributed by atoms with Crippen LogP contribution in [0.3, 0.4) is 0 Å². The summed E-state index contributed by atoms with van der Waals surface area (Å²) in [5, 5.41) is 11.3. The molecule has 0 fully saturated rings. The Hall–Kier alpha value is -15.4. The van der Waals surface area contributed by atoms with Crippen LogP contribution >= 0.6 is 34.0 Å². The van der Waals surface area contributed by atoms with Gasteiger partial charge < -0.3 is 13.7 Å². The van der Waals surface area contributed by atoms with E-state index < -0.39 is 0 Å². The Morgan fingerprint density at radius 2 is 0.400 bits per heavy atom. The highest BCUT2D eigenvalue weighted by atomic mass is 32.1. The molecule has 0 amide bonds. The summed E-state index contributed by atoms with van der Waals surface area (Å²) in [5.74, 6) is 5.96. The van der Waals surface area contributed by atoms with Gasteiger partial charge in [-0.3, -0.25) is 0 Å². The highest BCUT2D eigenvalue weighted by Gasteiger charge is 2.25. The van der Waals surface area contributed by atoms with Gasteiger partial charge in [0.2, 0.25) is 0 Å². The van der Waals surface area contributed by atoms with Gasteiger partial charge in [-0.15, -0.1) is 34.0 Å². The van der Waals surface area contributed by atoms with Crippen molar-refractivity contribution >= 4 is 128 Å². The monoisotopic (exact) mass is 1590 g/mol. The zero-order valence-electron chi connectivity index (χ0n) is 64.2. The van der Waals surface area contributed by atoms with E-state index in [2.05, 4.69) is 232 Å². The Morgan fingerprint density at radius 1 is 0.158 bits per heavy atom. The first-order chi connectivity index (χ1) is 59.5. The average molecular weight is 1590 g/mol. The van der Waals surface area contributed by atoms with Crippen molar-refractivity contribution in [1.29, 1.82) is 0 Å². The molecule has 0 unspecified atom stereocenters. The highest BCUT2D eigenvalue weighted by molar-refractivity contribution is 7.26. The zero-order chi connectivity index (χ0) is 79.4. The van der Waals surface area contributed by atoms with Crippen LogP contribution in [0.2, 0.25) is 0 Å². The summed E-state index contributed by atoms with van der Waals surface area (Å²) in [6, 6.07) is 138. The van der Waals surface area contributed by atoms with Gasteiger partial charge >= 0.3 is 0 Å². The fraction of sp³-hybridized carbons (Fsp3) is 0. The lowest BCUT2D eigenvalue weighted by molar-refractivity contribution is 1.07. The van der Waals surface area contributed by atoms with Crippen LogP contribution in [0.4, 0.5) is 0 Å². The molecule has 9 heterocycles. The minimum atomic E-state index is 0.651. The van der Waals surface area contributed by atoms with Crippen LogP contribution in [0.15, 0.2) is 400 Å². The molecule has 0 aliphatic heterocycles. The van der Waals surface area contributed by atoms with Gasteiger partial charge in [-0.2, -0.15) is 0 Å². The maximum Gasteiger partial charge on any atom is 0.164 e. The number of benzene rings is 15. The van der Waals surface area contributed by atoms with Crippen molar-refractivity contribution < 1.29 is 0 Å². The second-order valence-electron chi connectivity index (χ2n) is 29.2. The average Bonchev–Trinajstić information content (AvgIpc) is 1.57. The number of thiophene rings is 3. The van der Waals surface area contributed by atoms with E-state index in [4.69, 9.17) is 44.9 Å². The maximum atomic E-state index is 4.97. The summed E-state index contributed by atoms with van der Waals surface area (Å²) >= 11 is 5.49. The van der Waals surface area contributed by atoms with Gasteiger partial charge in [-0.05, 0) is 97.1 Å². The van der Waals surface area contributed by atoms with Crippen LogP contribution < -0.4 is 0 Å².